The van der Waals surface area contributed by atoms with Gasteiger partial charge in [-0.1, -0.05) is 6.07 Å². The van der Waals surface area contributed by atoms with Gasteiger partial charge in [0.2, 0.25) is 15.9 Å². The summed E-state index contributed by atoms with van der Waals surface area (Å²) < 4.78 is 24.6. The van der Waals surface area contributed by atoms with E-state index in [0.29, 0.717) is 18.9 Å². The Labute approximate surface area is 143 Å². The highest BCUT2D eigenvalue weighted by molar-refractivity contribution is 7.88. The van der Waals surface area contributed by atoms with Gasteiger partial charge in [-0.05, 0) is 51.4 Å². The van der Waals surface area contributed by atoms with E-state index < -0.39 is 10.0 Å². The molecule has 1 aliphatic rings. The van der Waals surface area contributed by atoms with Gasteiger partial charge in [0.05, 0.1) is 12.2 Å². The molecule has 24 heavy (non-hydrogen) atoms. The van der Waals surface area contributed by atoms with Crippen LogP contribution in [0.5, 0.6) is 0 Å². The number of pyridine rings is 1. The van der Waals surface area contributed by atoms with Crippen LogP contribution in [0.4, 0.5) is 5.82 Å². The van der Waals surface area contributed by atoms with Gasteiger partial charge in [-0.25, -0.2) is 18.1 Å². The molecule has 1 unspecified atom stereocenters. The van der Waals surface area contributed by atoms with E-state index in [-0.39, 0.29) is 11.8 Å². The molecule has 0 radical (unpaired) electrons. The zero-order valence-corrected chi connectivity index (χ0v) is 15.1. The maximum atomic E-state index is 12.4. The number of sulfonamides is 1. The van der Waals surface area contributed by atoms with Crippen LogP contribution >= 0.6 is 0 Å². The molecule has 1 atom stereocenters. The van der Waals surface area contributed by atoms with Crippen molar-refractivity contribution in [2.45, 2.75) is 26.2 Å². The summed E-state index contributed by atoms with van der Waals surface area (Å²) in [6, 6.07) is 5.56. The van der Waals surface area contributed by atoms with Gasteiger partial charge < -0.3 is 10.2 Å². The molecule has 1 aromatic rings. The minimum atomic E-state index is -3.13. The molecular formula is C16H26N4O3S. The molecule has 8 heteroatoms. The number of nitrogens with zero attached hydrogens (tertiary/aromatic N) is 2. The summed E-state index contributed by atoms with van der Waals surface area (Å²) in [7, 11) is -3.13. The predicted octanol–water partition coefficient (Wildman–Crippen LogP) is 0.980. The minimum absolute atomic E-state index is 0.00654. The number of carbonyl (C=O) groups excluding carboxylic acids is 1. The fourth-order valence-electron chi connectivity index (χ4n) is 2.87. The number of carbonyl (C=O) groups is 1. The fourth-order valence-corrected chi connectivity index (χ4v) is 3.39. The molecular weight excluding hydrogens is 328 g/mol. The number of amides is 1. The molecule has 1 saturated heterocycles. The Morgan fingerprint density at radius 3 is 2.92 bits per heavy atom. The molecule has 7 nitrogen and oxygen atoms in total. The highest BCUT2D eigenvalue weighted by Gasteiger charge is 2.25. The Hall–Kier alpha value is -1.51. The molecule has 0 aromatic carbocycles. The average molecular weight is 354 g/mol. The highest BCUT2D eigenvalue weighted by Crippen LogP contribution is 2.18. The SMILES string of the molecule is Cc1cccc(NC(=O)C2CCCN(CCCNS(C)(=O)=O)C2)n1. The van der Waals surface area contributed by atoms with E-state index >= 15 is 0 Å². The molecule has 1 aliphatic heterocycles. The van der Waals surface area contributed by atoms with Crippen LogP contribution in [0.25, 0.3) is 0 Å². The highest BCUT2D eigenvalue weighted by atomic mass is 32.2. The zero-order chi connectivity index (χ0) is 17.6. The quantitative estimate of drug-likeness (QED) is 0.712. The maximum absolute atomic E-state index is 12.4. The van der Waals surface area contributed by atoms with Gasteiger partial charge >= 0.3 is 0 Å². The second-order valence-corrected chi connectivity index (χ2v) is 8.15. The van der Waals surface area contributed by atoms with Gasteiger partial charge in [0.1, 0.15) is 5.82 Å². The first-order valence-electron chi connectivity index (χ1n) is 8.25. The van der Waals surface area contributed by atoms with Crippen LogP contribution in [0.1, 0.15) is 25.0 Å². The third-order valence-corrected chi connectivity index (χ3v) is 4.76. The number of likely N-dealkylation sites (tertiary alicyclic amines) is 1. The van der Waals surface area contributed by atoms with Crippen molar-refractivity contribution in [3.05, 3.63) is 23.9 Å². The van der Waals surface area contributed by atoms with Crippen LogP contribution in [0.15, 0.2) is 18.2 Å². The van der Waals surface area contributed by atoms with Crippen LogP contribution in [0, 0.1) is 12.8 Å². The van der Waals surface area contributed by atoms with Crippen molar-refractivity contribution < 1.29 is 13.2 Å². The minimum Gasteiger partial charge on any atom is -0.310 e. The number of anilines is 1. The summed E-state index contributed by atoms with van der Waals surface area (Å²) in [6.45, 7) is 4.76. The summed E-state index contributed by atoms with van der Waals surface area (Å²) in [6.07, 6.45) is 3.74. The number of rotatable bonds is 7. The Bertz CT molecular complexity index is 663. The van der Waals surface area contributed by atoms with Crippen LogP contribution in [-0.4, -0.2) is 56.6 Å². The Morgan fingerprint density at radius 2 is 2.21 bits per heavy atom. The van der Waals surface area contributed by atoms with E-state index in [9.17, 15) is 13.2 Å². The van der Waals surface area contributed by atoms with E-state index in [2.05, 4.69) is 19.9 Å². The lowest BCUT2D eigenvalue weighted by atomic mass is 9.97. The van der Waals surface area contributed by atoms with Gasteiger partial charge in [0.15, 0.2) is 0 Å². The molecule has 0 spiro atoms. The van der Waals surface area contributed by atoms with E-state index in [1.165, 1.54) is 0 Å². The van der Waals surface area contributed by atoms with Gasteiger partial charge in [-0.15, -0.1) is 0 Å². The molecule has 1 fully saturated rings. The molecule has 1 amide bonds. The maximum Gasteiger partial charge on any atom is 0.229 e. The van der Waals surface area contributed by atoms with E-state index in [1.807, 2.05) is 19.1 Å². The largest absolute Gasteiger partial charge is 0.310 e. The molecule has 0 bridgehead atoms. The Balaban J connectivity index is 1.78. The van der Waals surface area contributed by atoms with E-state index in [4.69, 9.17) is 0 Å². The Morgan fingerprint density at radius 1 is 1.42 bits per heavy atom. The number of piperidine rings is 1. The Kier molecular flexibility index (Phi) is 6.70. The smallest absolute Gasteiger partial charge is 0.229 e. The average Bonchev–Trinajstić information content (AvgIpc) is 2.51. The molecule has 1 aromatic heterocycles. The second kappa shape index (κ2) is 8.55. The first-order valence-corrected chi connectivity index (χ1v) is 10.1. The van der Waals surface area contributed by atoms with Gasteiger partial charge in [-0.3, -0.25) is 4.79 Å². The molecule has 134 valence electrons. The van der Waals surface area contributed by atoms with Crippen molar-refractivity contribution >= 4 is 21.7 Å². The lowest BCUT2D eigenvalue weighted by molar-refractivity contribution is -0.121. The van der Waals surface area contributed by atoms with Crippen LogP contribution in [-0.2, 0) is 14.8 Å². The summed E-state index contributed by atoms with van der Waals surface area (Å²) in [5, 5.41) is 2.89. The van der Waals surface area contributed by atoms with E-state index in [0.717, 1.165) is 44.3 Å². The fraction of sp³-hybridized carbons (Fsp3) is 0.625. The summed E-state index contributed by atoms with van der Waals surface area (Å²) in [5.74, 6) is 0.547. The predicted molar refractivity (Wildman–Crippen MR) is 94.2 cm³/mol. The van der Waals surface area contributed by atoms with Gasteiger partial charge in [0.25, 0.3) is 0 Å². The van der Waals surface area contributed by atoms with Crippen molar-refractivity contribution in [1.29, 1.82) is 0 Å². The van der Waals surface area contributed by atoms with Crippen molar-refractivity contribution in [2.75, 3.05) is 37.8 Å². The number of hydrogen-bond acceptors (Lipinski definition) is 5. The topological polar surface area (TPSA) is 91.4 Å². The third kappa shape index (κ3) is 6.54. The monoisotopic (exact) mass is 354 g/mol. The van der Waals surface area contributed by atoms with Gasteiger partial charge in [-0.2, -0.15) is 0 Å². The lowest BCUT2D eigenvalue weighted by Gasteiger charge is -2.31. The lowest BCUT2D eigenvalue weighted by Crippen LogP contribution is -2.41. The van der Waals surface area contributed by atoms with Gasteiger partial charge in [0, 0.05) is 18.8 Å². The number of aryl methyl sites for hydroxylation is 1. The number of aromatic nitrogens is 1. The van der Waals surface area contributed by atoms with Crippen molar-refractivity contribution in [2.24, 2.45) is 5.92 Å². The van der Waals surface area contributed by atoms with Crippen molar-refractivity contribution in [1.82, 2.24) is 14.6 Å². The summed E-state index contributed by atoms with van der Waals surface area (Å²) in [5.41, 5.74) is 0.872. The van der Waals surface area contributed by atoms with Crippen LogP contribution in [0.2, 0.25) is 0 Å². The zero-order valence-electron chi connectivity index (χ0n) is 14.3. The number of hydrogen-bond donors (Lipinski definition) is 2. The molecule has 0 saturated carbocycles. The molecule has 2 heterocycles. The second-order valence-electron chi connectivity index (χ2n) is 6.31. The van der Waals surface area contributed by atoms with Crippen molar-refractivity contribution in [3.8, 4) is 0 Å². The first kappa shape index (κ1) is 18.8. The third-order valence-electron chi connectivity index (χ3n) is 4.03. The molecule has 2 rings (SSSR count). The van der Waals surface area contributed by atoms with Crippen molar-refractivity contribution in [3.63, 3.8) is 0 Å². The first-order chi connectivity index (χ1) is 11.3. The molecule has 2 N–H and O–H groups in total. The summed E-state index contributed by atoms with van der Waals surface area (Å²) in [4.78, 5) is 18.9. The number of nitrogens with one attached hydrogen (secondary N) is 2. The van der Waals surface area contributed by atoms with Crippen LogP contribution in [0.3, 0.4) is 0 Å². The van der Waals surface area contributed by atoms with Crippen LogP contribution < -0.4 is 10.0 Å². The molecule has 0 aliphatic carbocycles. The standard InChI is InChI=1S/C16H26N4O3S/c1-13-6-3-8-15(18-13)19-16(21)14-7-4-10-20(12-14)11-5-9-17-24(2,22)23/h3,6,8,14,17H,4-5,7,9-12H2,1-2H3,(H,18,19,21). The normalized spacial score (nSPS) is 19.2. The summed E-state index contributed by atoms with van der Waals surface area (Å²) >= 11 is 0. The van der Waals surface area contributed by atoms with E-state index in [1.54, 1.807) is 6.07 Å².